The van der Waals surface area contributed by atoms with Gasteiger partial charge >= 0.3 is 5.97 Å². The predicted molar refractivity (Wildman–Crippen MR) is 67.9 cm³/mol. The zero-order valence-corrected chi connectivity index (χ0v) is 10.7. The van der Waals surface area contributed by atoms with Crippen LogP contribution in [-0.4, -0.2) is 15.9 Å². The molecule has 0 aliphatic carbocycles. The Bertz CT molecular complexity index is 582. The van der Waals surface area contributed by atoms with Crippen LogP contribution in [0.4, 0.5) is 0 Å². The summed E-state index contributed by atoms with van der Waals surface area (Å²) in [4.78, 5) is 19.8. The predicted octanol–water partition coefficient (Wildman–Crippen LogP) is 2.97. The summed E-state index contributed by atoms with van der Waals surface area (Å²) in [6.45, 7) is 3.61. The number of aromatic nitrogens is 2. The van der Waals surface area contributed by atoms with Crippen molar-refractivity contribution in [2.24, 2.45) is 0 Å². The van der Waals surface area contributed by atoms with Crippen molar-refractivity contribution in [2.45, 2.75) is 13.8 Å². The molecule has 92 valence electrons. The number of halogens is 1. The average Bonchev–Trinajstić information content (AvgIpc) is 2.33. The van der Waals surface area contributed by atoms with E-state index in [9.17, 15) is 4.79 Å². The van der Waals surface area contributed by atoms with Gasteiger partial charge in [0.05, 0.1) is 11.9 Å². The lowest BCUT2D eigenvalue weighted by atomic mass is 10.2. The van der Waals surface area contributed by atoms with Gasteiger partial charge in [0, 0.05) is 11.2 Å². The molecular weight excluding hydrogens is 252 g/mol. The minimum absolute atomic E-state index is 0.176. The first-order chi connectivity index (χ1) is 8.56. The van der Waals surface area contributed by atoms with Crippen LogP contribution in [0.5, 0.6) is 5.75 Å². The summed E-state index contributed by atoms with van der Waals surface area (Å²) in [6, 6.07) is 5.04. The number of benzene rings is 1. The van der Waals surface area contributed by atoms with Gasteiger partial charge in [-0.25, -0.2) is 9.78 Å². The van der Waals surface area contributed by atoms with Gasteiger partial charge in [-0.3, -0.25) is 4.98 Å². The van der Waals surface area contributed by atoms with Crippen molar-refractivity contribution in [3.8, 4) is 5.75 Å². The zero-order valence-electron chi connectivity index (χ0n) is 9.98. The van der Waals surface area contributed by atoms with Gasteiger partial charge in [-0.15, -0.1) is 0 Å². The fourth-order valence-corrected chi connectivity index (χ4v) is 1.60. The van der Waals surface area contributed by atoms with Gasteiger partial charge in [0.1, 0.15) is 5.75 Å². The molecule has 0 fully saturated rings. The molecule has 0 radical (unpaired) electrons. The number of hydrogen-bond acceptors (Lipinski definition) is 4. The van der Waals surface area contributed by atoms with Crippen LogP contribution in [0.15, 0.2) is 30.6 Å². The third kappa shape index (κ3) is 2.84. The maximum Gasteiger partial charge on any atom is 0.363 e. The van der Waals surface area contributed by atoms with E-state index in [0.29, 0.717) is 10.8 Å². The first-order valence-corrected chi connectivity index (χ1v) is 5.71. The molecule has 0 aliphatic heterocycles. The molecule has 1 heterocycles. The van der Waals surface area contributed by atoms with E-state index in [4.69, 9.17) is 16.3 Å². The monoisotopic (exact) mass is 262 g/mol. The molecule has 2 aromatic rings. The summed E-state index contributed by atoms with van der Waals surface area (Å²) in [7, 11) is 0. The second-order valence-electron chi connectivity index (χ2n) is 3.84. The average molecular weight is 263 g/mol. The van der Waals surface area contributed by atoms with Gasteiger partial charge < -0.3 is 4.74 Å². The minimum Gasteiger partial charge on any atom is -0.421 e. The molecule has 2 rings (SSSR count). The van der Waals surface area contributed by atoms with Crippen molar-refractivity contribution in [3.05, 3.63) is 52.6 Å². The highest BCUT2D eigenvalue weighted by atomic mass is 35.5. The van der Waals surface area contributed by atoms with Crippen molar-refractivity contribution in [1.29, 1.82) is 0 Å². The largest absolute Gasteiger partial charge is 0.421 e. The lowest BCUT2D eigenvalue weighted by Crippen LogP contribution is -2.11. The molecule has 5 heteroatoms. The number of carbonyl (C=O) groups excluding carboxylic acids is 1. The zero-order chi connectivity index (χ0) is 13.1. The summed E-state index contributed by atoms with van der Waals surface area (Å²) in [5, 5.41) is 0.599. The summed E-state index contributed by atoms with van der Waals surface area (Å²) in [6.07, 6.45) is 2.91. The second kappa shape index (κ2) is 5.14. The second-order valence-corrected chi connectivity index (χ2v) is 4.28. The summed E-state index contributed by atoms with van der Waals surface area (Å²) in [5.74, 6) is -0.0697. The summed E-state index contributed by atoms with van der Waals surface area (Å²) >= 11 is 5.83. The van der Waals surface area contributed by atoms with E-state index in [1.165, 1.54) is 12.4 Å². The van der Waals surface area contributed by atoms with Crippen LogP contribution in [0, 0.1) is 13.8 Å². The molecule has 0 aliphatic rings. The Morgan fingerprint density at radius 2 is 2.00 bits per heavy atom. The molecule has 0 bridgehead atoms. The number of carbonyl (C=O) groups is 1. The topological polar surface area (TPSA) is 52.1 Å². The van der Waals surface area contributed by atoms with Gasteiger partial charge in [-0.1, -0.05) is 11.6 Å². The number of rotatable bonds is 2. The van der Waals surface area contributed by atoms with E-state index >= 15 is 0 Å². The van der Waals surface area contributed by atoms with Crippen molar-refractivity contribution >= 4 is 17.6 Å². The number of hydrogen-bond donors (Lipinski definition) is 0. The van der Waals surface area contributed by atoms with Crippen molar-refractivity contribution < 1.29 is 9.53 Å². The molecule has 1 aromatic carbocycles. The Morgan fingerprint density at radius 3 is 2.61 bits per heavy atom. The van der Waals surface area contributed by atoms with Crippen molar-refractivity contribution in [1.82, 2.24) is 9.97 Å². The molecule has 0 N–H and O–H groups in total. The molecular formula is C13H11ClN2O2. The van der Waals surface area contributed by atoms with Gasteiger partial charge in [-0.05, 0) is 37.6 Å². The fraction of sp³-hybridized carbons (Fsp3) is 0.154. The van der Waals surface area contributed by atoms with Gasteiger partial charge in [0.25, 0.3) is 0 Å². The minimum atomic E-state index is -0.534. The lowest BCUT2D eigenvalue weighted by Gasteiger charge is -2.06. The molecule has 1 aromatic heterocycles. The Labute approximate surface area is 110 Å². The number of ether oxygens (including phenoxy) is 1. The van der Waals surface area contributed by atoms with E-state index in [1.54, 1.807) is 25.1 Å². The van der Waals surface area contributed by atoms with Gasteiger partial charge in [0.15, 0.2) is 5.69 Å². The van der Waals surface area contributed by atoms with Crippen LogP contribution in [0.3, 0.4) is 0 Å². The summed E-state index contributed by atoms with van der Waals surface area (Å²) in [5.41, 5.74) is 1.71. The number of esters is 1. The van der Waals surface area contributed by atoms with E-state index in [2.05, 4.69) is 9.97 Å². The first kappa shape index (κ1) is 12.5. The highest BCUT2D eigenvalue weighted by Crippen LogP contribution is 2.22. The summed E-state index contributed by atoms with van der Waals surface area (Å²) < 4.78 is 5.23. The molecule has 0 saturated carbocycles. The molecule has 0 unspecified atom stereocenters. The smallest absolute Gasteiger partial charge is 0.363 e. The third-order valence-electron chi connectivity index (χ3n) is 2.33. The Hall–Kier alpha value is -1.94. The highest BCUT2D eigenvalue weighted by Gasteiger charge is 2.12. The van der Waals surface area contributed by atoms with E-state index in [0.717, 1.165) is 11.3 Å². The lowest BCUT2D eigenvalue weighted by molar-refractivity contribution is 0.0727. The normalized spacial score (nSPS) is 10.2. The van der Waals surface area contributed by atoms with E-state index in [-0.39, 0.29) is 5.69 Å². The molecule has 0 amide bonds. The number of nitrogens with zero attached hydrogens (tertiary/aromatic N) is 2. The molecule has 0 spiro atoms. The number of aryl methyl sites for hydroxylation is 2. The van der Waals surface area contributed by atoms with Crippen LogP contribution in [0.1, 0.15) is 21.7 Å². The van der Waals surface area contributed by atoms with Crippen LogP contribution in [0.25, 0.3) is 0 Å². The molecule has 18 heavy (non-hydrogen) atoms. The maximum absolute atomic E-state index is 11.8. The Balaban J connectivity index is 2.18. The fourth-order valence-electron chi connectivity index (χ4n) is 1.38. The molecule has 0 saturated heterocycles. The highest BCUT2D eigenvalue weighted by molar-refractivity contribution is 6.30. The van der Waals surface area contributed by atoms with Crippen LogP contribution in [-0.2, 0) is 0 Å². The quantitative estimate of drug-likeness (QED) is 0.617. The van der Waals surface area contributed by atoms with Crippen molar-refractivity contribution in [2.75, 3.05) is 0 Å². The van der Waals surface area contributed by atoms with E-state index < -0.39 is 5.97 Å². The maximum atomic E-state index is 11.8. The Kier molecular flexibility index (Phi) is 3.58. The van der Waals surface area contributed by atoms with Gasteiger partial charge in [0.2, 0.25) is 0 Å². The molecule has 4 nitrogen and oxygen atoms in total. The van der Waals surface area contributed by atoms with E-state index in [1.807, 2.05) is 6.92 Å². The van der Waals surface area contributed by atoms with Gasteiger partial charge in [-0.2, -0.15) is 0 Å². The molecule has 0 atom stereocenters. The standard InChI is InChI=1S/C13H11ClN2O2/c1-8-5-10(14)3-4-12(8)18-13(17)11-7-15-9(2)6-16-11/h3-7H,1-2H3. The van der Waals surface area contributed by atoms with Crippen molar-refractivity contribution in [3.63, 3.8) is 0 Å². The SMILES string of the molecule is Cc1cnc(C(=O)Oc2ccc(Cl)cc2C)cn1. The van der Waals surface area contributed by atoms with Crippen LogP contribution < -0.4 is 4.74 Å². The van der Waals surface area contributed by atoms with Crippen LogP contribution >= 0.6 is 11.6 Å². The van der Waals surface area contributed by atoms with Crippen LogP contribution in [0.2, 0.25) is 5.02 Å². The first-order valence-electron chi connectivity index (χ1n) is 5.33. The third-order valence-corrected chi connectivity index (χ3v) is 2.56. The Morgan fingerprint density at radius 1 is 1.22 bits per heavy atom.